The Morgan fingerprint density at radius 1 is 1.25 bits per heavy atom. The van der Waals surface area contributed by atoms with Crippen molar-refractivity contribution in [2.75, 3.05) is 19.6 Å². The SMILES string of the molecule is CC1CCCN(C(=O)C2CCCNC2)C1C. The predicted molar refractivity (Wildman–Crippen MR) is 65.2 cm³/mol. The average Bonchev–Trinajstić information content (AvgIpc) is 2.33. The van der Waals surface area contributed by atoms with E-state index in [1.165, 1.54) is 12.8 Å². The van der Waals surface area contributed by atoms with Gasteiger partial charge in [-0.25, -0.2) is 0 Å². The highest BCUT2D eigenvalue weighted by Gasteiger charge is 2.32. The lowest BCUT2D eigenvalue weighted by molar-refractivity contribution is -0.140. The minimum Gasteiger partial charge on any atom is -0.339 e. The lowest BCUT2D eigenvalue weighted by Crippen LogP contribution is -2.50. The fourth-order valence-electron chi connectivity index (χ4n) is 2.94. The fourth-order valence-corrected chi connectivity index (χ4v) is 2.94. The molecule has 2 aliphatic heterocycles. The highest BCUT2D eigenvalue weighted by molar-refractivity contribution is 5.79. The molecule has 2 rings (SSSR count). The first-order valence-corrected chi connectivity index (χ1v) is 6.71. The second-order valence-electron chi connectivity index (χ2n) is 5.44. The van der Waals surface area contributed by atoms with E-state index in [4.69, 9.17) is 0 Å². The van der Waals surface area contributed by atoms with Crippen molar-refractivity contribution < 1.29 is 4.79 Å². The third-order valence-electron chi connectivity index (χ3n) is 4.30. The summed E-state index contributed by atoms with van der Waals surface area (Å²) >= 11 is 0. The molecule has 0 saturated carbocycles. The van der Waals surface area contributed by atoms with E-state index in [1.54, 1.807) is 0 Å². The van der Waals surface area contributed by atoms with Gasteiger partial charge in [-0.1, -0.05) is 6.92 Å². The number of rotatable bonds is 1. The molecule has 3 heteroatoms. The summed E-state index contributed by atoms with van der Waals surface area (Å²) in [6.07, 6.45) is 4.67. The Labute approximate surface area is 98.6 Å². The van der Waals surface area contributed by atoms with E-state index in [1.807, 2.05) is 0 Å². The van der Waals surface area contributed by atoms with Crippen LogP contribution in [-0.4, -0.2) is 36.5 Å². The number of amides is 1. The van der Waals surface area contributed by atoms with Crippen molar-refractivity contribution in [3.63, 3.8) is 0 Å². The zero-order valence-corrected chi connectivity index (χ0v) is 10.5. The summed E-state index contributed by atoms with van der Waals surface area (Å²) in [4.78, 5) is 14.5. The van der Waals surface area contributed by atoms with Gasteiger partial charge in [-0.3, -0.25) is 4.79 Å². The maximum Gasteiger partial charge on any atom is 0.227 e. The zero-order chi connectivity index (χ0) is 11.5. The first kappa shape index (κ1) is 11.9. The fraction of sp³-hybridized carbons (Fsp3) is 0.923. The molecule has 1 N–H and O–H groups in total. The standard InChI is InChI=1S/C13H24N2O/c1-10-5-4-8-15(11(10)2)13(16)12-6-3-7-14-9-12/h10-12,14H,3-9H2,1-2H3. The minimum atomic E-state index is 0.238. The van der Waals surface area contributed by atoms with Crippen LogP contribution in [0.3, 0.4) is 0 Å². The number of piperidine rings is 2. The predicted octanol–water partition coefficient (Wildman–Crippen LogP) is 1.63. The lowest BCUT2D eigenvalue weighted by atomic mass is 9.89. The Morgan fingerprint density at radius 3 is 2.75 bits per heavy atom. The van der Waals surface area contributed by atoms with Crippen molar-refractivity contribution in [1.82, 2.24) is 10.2 Å². The second-order valence-corrected chi connectivity index (χ2v) is 5.44. The van der Waals surface area contributed by atoms with Gasteiger partial charge in [0.25, 0.3) is 0 Å². The highest BCUT2D eigenvalue weighted by atomic mass is 16.2. The summed E-state index contributed by atoms with van der Waals surface area (Å²) in [6, 6.07) is 0.433. The number of hydrogen-bond acceptors (Lipinski definition) is 2. The maximum atomic E-state index is 12.4. The number of nitrogens with one attached hydrogen (secondary N) is 1. The van der Waals surface area contributed by atoms with E-state index < -0.39 is 0 Å². The van der Waals surface area contributed by atoms with Crippen molar-refractivity contribution in [1.29, 1.82) is 0 Å². The van der Waals surface area contributed by atoms with E-state index in [0.29, 0.717) is 17.9 Å². The van der Waals surface area contributed by atoms with Gasteiger partial charge in [-0.05, 0) is 45.1 Å². The Bertz CT molecular complexity index is 248. The first-order valence-electron chi connectivity index (χ1n) is 6.71. The van der Waals surface area contributed by atoms with Crippen molar-refractivity contribution >= 4 is 5.91 Å². The molecular formula is C13H24N2O. The van der Waals surface area contributed by atoms with E-state index in [0.717, 1.165) is 32.5 Å². The number of nitrogens with zero attached hydrogens (tertiary/aromatic N) is 1. The summed E-state index contributed by atoms with van der Waals surface area (Å²) in [7, 11) is 0. The molecular weight excluding hydrogens is 200 g/mol. The summed E-state index contributed by atoms with van der Waals surface area (Å²) in [5.41, 5.74) is 0. The van der Waals surface area contributed by atoms with E-state index in [9.17, 15) is 4.79 Å². The third kappa shape index (κ3) is 2.40. The molecule has 3 nitrogen and oxygen atoms in total. The Kier molecular flexibility index (Phi) is 3.85. The third-order valence-corrected chi connectivity index (χ3v) is 4.30. The molecule has 0 radical (unpaired) electrons. The Morgan fingerprint density at radius 2 is 2.06 bits per heavy atom. The molecule has 0 bridgehead atoms. The minimum absolute atomic E-state index is 0.238. The average molecular weight is 224 g/mol. The van der Waals surface area contributed by atoms with Crippen LogP contribution >= 0.6 is 0 Å². The summed E-state index contributed by atoms with van der Waals surface area (Å²) < 4.78 is 0. The molecule has 2 fully saturated rings. The topological polar surface area (TPSA) is 32.3 Å². The highest BCUT2D eigenvalue weighted by Crippen LogP contribution is 2.25. The van der Waals surface area contributed by atoms with Crippen LogP contribution < -0.4 is 5.32 Å². The molecule has 0 aromatic carbocycles. The van der Waals surface area contributed by atoms with Crippen LogP contribution in [-0.2, 0) is 4.79 Å². The molecule has 0 aliphatic carbocycles. The van der Waals surface area contributed by atoms with Crippen LogP contribution in [0.5, 0.6) is 0 Å². The smallest absolute Gasteiger partial charge is 0.227 e. The zero-order valence-electron chi connectivity index (χ0n) is 10.5. The van der Waals surface area contributed by atoms with E-state index in [2.05, 4.69) is 24.1 Å². The Hall–Kier alpha value is -0.570. The maximum absolute atomic E-state index is 12.4. The first-order chi connectivity index (χ1) is 7.70. The number of carbonyl (C=O) groups is 1. The molecule has 92 valence electrons. The van der Waals surface area contributed by atoms with Crippen LogP contribution in [0.1, 0.15) is 39.5 Å². The van der Waals surface area contributed by atoms with Crippen molar-refractivity contribution in [3.8, 4) is 0 Å². The van der Waals surface area contributed by atoms with E-state index in [-0.39, 0.29) is 5.92 Å². The van der Waals surface area contributed by atoms with Crippen LogP contribution in [0.2, 0.25) is 0 Å². The van der Waals surface area contributed by atoms with Gasteiger partial charge in [-0.15, -0.1) is 0 Å². The molecule has 16 heavy (non-hydrogen) atoms. The van der Waals surface area contributed by atoms with Crippen LogP contribution in [0.15, 0.2) is 0 Å². The lowest BCUT2D eigenvalue weighted by Gasteiger charge is -2.40. The monoisotopic (exact) mass is 224 g/mol. The molecule has 3 unspecified atom stereocenters. The normalized spacial score (nSPS) is 36.1. The van der Waals surface area contributed by atoms with Crippen LogP contribution in [0.4, 0.5) is 0 Å². The molecule has 3 atom stereocenters. The second kappa shape index (κ2) is 5.17. The van der Waals surface area contributed by atoms with Gasteiger partial charge in [-0.2, -0.15) is 0 Å². The Balaban J connectivity index is 1.96. The number of hydrogen-bond donors (Lipinski definition) is 1. The molecule has 2 aliphatic rings. The molecule has 0 aromatic heterocycles. The van der Waals surface area contributed by atoms with Crippen molar-refractivity contribution in [2.45, 2.75) is 45.6 Å². The molecule has 2 saturated heterocycles. The molecule has 0 aromatic rings. The van der Waals surface area contributed by atoms with Gasteiger partial charge in [0.15, 0.2) is 0 Å². The van der Waals surface area contributed by atoms with E-state index >= 15 is 0 Å². The molecule has 1 amide bonds. The quantitative estimate of drug-likeness (QED) is 0.734. The molecule has 0 spiro atoms. The van der Waals surface area contributed by atoms with Gasteiger partial charge in [0.1, 0.15) is 0 Å². The molecule has 2 heterocycles. The van der Waals surface area contributed by atoms with Gasteiger partial charge in [0.05, 0.1) is 5.92 Å². The summed E-state index contributed by atoms with van der Waals surface area (Å²) in [5, 5.41) is 3.33. The van der Waals surface area contributed by atoms with Crippen molar-refractivity contribution in [2.24, 2.45) is 11.8 Å². The largest absolute Gasteiger partial charge is 0.339 e. The number of likely N-dealkylation sites (tertiary alicyclic amines) is 1. The van der Waals surface area contributed by atoms with Gasteiger partial charge < -0.3 is 10.2 Å². The number of carbonyl (C=O) groups excluding carboxylic acids is 1. The van der Waals surface area contributed by atoms with Gasteiger partial charge in [0, 0.05) is 19.1 Å². The van der Waals surface area contributed by atoms with Gasteiger partial charge in [0.2, 0.25) is 5.91 Å². The van der Waals surface area contributed by atoms with Crippen LogP contribution in [0, 0.1) is 11.8 Å². The van der Waals surface area contributed by atoms with Crippen LogP contribution in [0.25, 0.3) is 0 Å². The van der Waals surface area contributed by atoms with Crippen molar-refractivity contribution in [3.05, 3.63) is 0 Å². The van der Waals surface area contributed by atoms with Gasteiger partial charge >= 0.3 is 0 Å². The summed E-state index contributed by atoms with van der Waals surface area (Å²) in [6.45, 7) is 7.41. The summed E-state index contributed by atoms with van der Waals surface area (Å²) in [5.74, 6) is 1.29.